The second-order valence-electron chi connectivity index (χ2n) is 5.97. The molecule has 0 aliphatic heterocycles. The zero-order valence-corrected chi connectivity index (χ0v) is 15.5. The summed E-state index contributed by atoms with van der Waals surface area (Å²) in [6.07, 6.45) is 8.33. The van der Waals surface area contributed by atoms with E-state index < -0.39 is 11.9 Å². The fraction of sp³-hybridized carbons (Fsp3) is 0.882. The second-order valence-corrected chi connectivity index (χ2v) is 5.97. The smallest absolute Gasteiger partial charge is 0.306 e. The van der Waals surface area contributed by atoms with Gasteiger partial charge in [-0.2, -0.15) is 0 Å². The first kappa shape index (κ1) is 26.3. The molecule has 0 aromatic heterocycles. The first-order chi connectivity index (χ1) is 9.84. The number of carbonyl (C=O) groups is 2. The van der Waals surface area contributed by atoms with Gasteiger partial charge in [0.2, 0.25) is 0 Å². The van der Waals surface area contributed by atoms with E-state index >= 15 is 0 Å². The van der Waals surface area contributed by atoms with Crippen molar-refractivity contribution in [2.24, 2.45) is 11.8 Å². The van der Waals surface area contributed by atoms with Crippen LogP contribution in [-0.2, 0) is 26.1 Å². The van der Waals surface area contributed by atoms with Gasteiger partial charge in [0.1, 0.15) is 0 Å². The molecular formula is C17H34NiO4. The van der Waals surface area contributed by atoms with E-state index in [1.807, 2.05) is 6.92 Å². The number of hydrogen-bond acceptors (Lipinski definition) is 2. The Morgan fingerprint density at radius 2 is 1.50 bits per heavy atom. The number of carboxylic acids is 2. The van der Waals surface area contributed by atoms with Gasteiger partial charge in [-0.1, -0.05) is 59.8 Å². The average Bonchev–Trinajstić information content (AvgIpc) is 2.39. The molecule has 0 aliphatic carbocycles. The van der Waals surface area contributed by atoms with E-state index in [0.717, 1.165) is 44.4 Å². The van der Waals surface area contributed by atoms with Crippen molar-refractivity contribution in [1.29, 1.82) is 0 Å². The molecule has 0 saturated carbocycles. The molecule has 5 heteroatoms. The van der Waals surface area contributed by atoms with Gasteiger partial charge < -0.3 is 10.2 Å². The molecule has 0 spiro atoms. The minimum absolute atomic E-state index is 0. The van der Waals surface area contributed by atoms with E-state index in [1.54, 1.807) is 0 Å². The molecule has 0 fully saturated rings. The topological polar surface area (TPSA) is 74.6 Å². The fourth-order valence-corrected chi connectivity index (χ4v) is 1.96. The number of carboxylic acid groups (broad SMARTS) is 2. The molecule has 0 saturated heterocycles. The van der Waals surface area contributed by atoms with Crippen LogP contribution in [0.15, 0.2) is 0 Å². The minimum Gasteiger partial charge on any atom is -0.481 e. The van der Waals surface area contributed by atoms with Gasteiger partial charge in [0, 0.05) is 22.9 Å². The summed E-state index contributed by atoms with van der Waals surface area (Å²) in [6.45, 7) is 8.39. The van der Waals surface area contributed by atoms with Crippen LogP contribution in [0, 0.1) is 11.8 Å². The second kappa shape index (κ2) is 18.5. The van der Waals surface area contributed by atoms with Crippen LogP contribution in [-0.4, -0.2) is 22.2 Å². The number of rotatable bonds is 11. The van der Waals surface area contributed by atoms with Gasteiger partial charge in [0.05, 0.1) is 5.92 Å². The van der Waals surface area contributed by atoms with Crippen LogP contribution in [0.25, 0.3) is 0 Å². The van der Waals surface area contributed by atoms with Crippen LogP contribution in [0.1, 0.15) is 85.5 Å². The van der Waals surface area contributed by atoms with Crippen LogP contribution in [0.3, 0.4) is 0 Å². The van der Waals surface area contributed by atoms with Crippen molar-refractivity contribution in [3.05, 3.63) is 0 Å². The maximum atomic E-state index is 10.4. The van der Waals surface area contributed by atoms with E-state index in [0.29, 0.717) is 6.42 Å². The molecule has 22 heavy (non-hydrogen) atoms. The van der Waals surface area contributed by atoms with Crippen LogP contribution >= 0.6 is 0 Å². The summed E-state index contributed by atoms with van der Waals surface area (Å²) in [5, 5.41) is 16.9. The van der Waals surface area contributed by atoms with Crippen molar-refractivity contribution < 1.29 is 36.3 Å². The molecule has 0 radical (unpaired) electrons. The Labute approximate surface area is 146 Å². The van der Waals surface area contributed by atoms with Crippen LogP contribution in [0.5, 0.6) is 0 Å². The van der Waals surface area contributed by atoms with Crippen molar-refractivity contribution in [2.75, 3.05) is 0 Å². The number of aliphatic carboxylic acids is 2. The van der Waals surface area contributed by atoms with Crippen LogP contribution in [0.4, 0.5) is 0 Å². The Hall–Kier alpha value is -0.566. The van der Waals surface area contributed by atoms with Gasteiger partial charge in [0.25, 0.3) is 0 Å². The summed E-state index contributed by atoms with van der Waals surface area (Å²) in [5.41, 5.74) is 0. The van der Waals surface area contributed by atoms with Gasteiger partial charge in [-0.15, -0.1) is 0 Å². The third kappa shape index (κ3) is 21.7. The minimum atomic E-state index is -0.672. The number of unbranched alkanes of at least 4 members (excludes halogenated alkanes) is 3. The first-order valence-corrected chi connectivity index (χ1v) is 8.29. The van der Waals surface area contributed by atoms with E-state index in [9.17, 15) is 9.59 Å². The normalized spacial score (nSPS) is 11.1. The van der Waals surface area contributed by atoms with Gasteiger partial charge >= 0.3 is 11.9 Å². The molecule has 2 N–H and O–H groups in total. The van der Waals surface area contributed by atoms with Gasteiger partial charge in [0.15, 0.2) is 0 Å². The third-order valence-electron chi connectivity index (χ3n) is 3.42. The largest absolute Gasteiger partial charge is 0.481 e. The molecule has 0 aromatic rings. The number of hydrogen-bond donors (Lipinski definition) is 2. The van der Waals surface area contributed by atoms with Crippen molar-refractivity contribution in [3.8, 4) is 0 Å². The summed E-state index contributed by atoms with van der Waals surface area (Å²) in [6, 6.07) is 0. The molecular weight excluding hydrogens is 327 g/mol. The molecule has 0 aliphatic rings. The zero-order chi connectivity index (χ0) is 16.7. The average molecular weight is 361 g/mol. The van der Waals surface area contributed by atoms with Gasteiger partial charge in [-0.05, 0) is 25.2 Å². The molecule has 1 unspecified atom stereocenters. The predicted molar refractivity (Wildman–Crippen MR) is 86.5 cm³/mol. The van der Waals surface area contributed by atoms with E-state index in [1.165, 1.54) is 12.8 Å². The van der Waals surface area contributed by atoms with E-state index in [-0.39, 0.29) is 22.4 Å². The Balaban J connectivity index is -0.000000315. The monoisotopic (exact) mass is 360 g/mol. The third-order valence-corrected chi connectivity index (χ3v) is 3.42. The summed E-state index contributed by atoms with van der Waals surface area (Å²) < 4.78 is 0. The van der Waals surface area contributed by atoms with Crippen molar-refractivity contribution >= 4 is 11.9 Å². The van der Waals surface area contributed by atoms with Crippen molar-refractivity contribution in [3.63, 3.8) is 0 Å². The van der Waals surface area contributed by atoms with E-state index in [2.05, 4.69) is 20.8 Å². The van der Waals surface area contributed by atoms with Gasteiger partial charge in [-0.25, -0.2) is 0 Å². The molecule has 1 atom stereocenters. The Bertz CT molecular complexity index is 267. The summed E-state index contributed by atoms with van der Waals surface area (Å²) in [5.74, 6) is -0.676. The molecule has 0 amide bonds. The summed E-state index contributed by atoms with van der Waals surface area (Å²) in [4.78, 5) is 20.5. The molecule has 136 valence electrons. The first-order valence-electron chi connectivity index (χ1n) is 8.29. The molecule has 0 rings (SSSR count). The van der Waals surface area contributed by atoms with Crippen molar-refractivity contribution in [1.82, 2.24) is 0 Å². The van der Waals surface area contributed by atoms with Crippen LogP contribution in [0.2, 0.25) is 0 Å². The fourth-order valence-electron chi connectivity index (χ4n) is 1.96. The maximum Gasteiger partial charge on any atom is 0.306 e. The predicted octanol–water partition coefficient (Wildman–Crippen LogP) is 4.96. The summed E-state index contributed by atoms with van der Waals surface area (Å²) >= 11 is 0. The SMILES string of the molecule is CC(C)CCCCCC(=O)O.CCCCC(CC)C(=O)O.[Ni]. The van der Waals surface area contributed by atoms with Gasteiger partial charge in [-0.3, -0.25) is 9.59 Å². The Morgan fingerprint density at radius 1 is 0.909 bits per heavy atom. The molecule has 0 aromatic carbocycles. The molecule has 4 nitrogen and oxygen atoms in total. The van der Waals surface area contributed by atoms with Crippen molar-refractivity contribution in [2.45, 2.75) is 85.5 Å². The Morgan fingerprint density at radius 3 is 1.86 bits per heavy atom. The zero-order valence-electron chi connectivity index (χ0n) is 14.5. The maximum absolute atomic E-state index is 10.4. The van der Waals surface area contributed by atoms with Crippen LogP contribution < -0.4 is 0 Å². The standard InChI is InChI=1S/C9H18O2.C8H16O2.Ni/c1-8(2)6-4-3-5-7-9(10)11;1-3-5-6-7(4-2)8(9)10;/h8H,3-7H2,1-2H3,(H,10,11);7H,3-6H2,1-2H3,(H,9,10);. The molecule has 0 heterocycles. The summed E-state index contributed by atoms with van der Waals surface area (Å²) in [7, 11) is 0. The quantitative estimate of drug-likeness (QED) is 0.403. The van der Waals surface area contributed by atoms with E-state index in [4.69, 9.17) is 10.2 Å². The molecule has 0 bridgehead atoms. The Kier molecular flexibility index (Phi) is 22.1.